The van der Waals surface area contributed by atoms with Gasteiger partial charge in [-0.05, 0) is 25.8 Å². The molecule has 3 rings (SSSR count). The second-order valence-corrected chi connectivity index (χ2v) is 8.15. The van der Waals surface area contributed by atoms with Gasteiger partial charge in [0.05, 0.1) is 22.7 Å². The first kappa shape index (κ1) is 14.1. The van der Waals surface area contributed by atoms with Gasteiger partial charge >= 0.3 is 0 Å². The van der Waals surface area contributed by atoms with Crippen LogP contribution in [0.2, 0.25) is 0 Å². The molecule has 0 aliphatic carbocycles. The van der Waals surface area contributed by atoms with Gasteiger partial charge in [0.15, 0.2) is 9.84 Å². The molecule has 6 heteroatoms. The largest absolute Gasteiger partial charge is 0.383 e. The molecule has 2 N–H and O–H groups in total. The van der Waals surface area contributed by atoms with E-state index >= 15 is 0 Å². The number of nitrogen functional groups attached to an aromatic ring is 1. The highest BCUT2D eigenvalue weighted by molar-refractivity contribution is 7.91. The minimum Gasteiger partial charge on any atom is -0.383 e. The second-order valence-electron chi connectivity index (χ2n) is 5.96. The molecule has 112 valence electrons. The lowest BCUT2D eigenvalue weighted by Crippen LogP contribution is -2.33. The van der Waals surface area contributed by atoms with Crippen LogP contribution in [-0.2, 0) is 15.4 Å². The Kier molecular flexibility index (Phi) is 3.09. The van der Waals surface area contributed by atoms with Gasteiger partial charge in [0.1, 0.15) is 5.82 Å². The van der Waals surface area contributed by atoms with E-state index in [0.29, 0.717) is 12.2 Å². The van der Waals surface area contributed by atoms with E-state index in [1.165, 1.54) is 0 Å². The Labute approximate surface area is 124 Å². The summed E-state index contributed by atoms with van der Waals surface area (Å²) in [5, 5.41) is 4.53. The van der Waals surface area contributed by atoms with Crippen molar-refractivity contribution in [3.63, 3.8) is 0 Å². The first-order valence-electron chi connectivity index (χ1n) is 6.94. The summed E-state index contributed by atoms with van der Waals surface area (Å²) in [6, 6.07) is 9.82. The second kappa shape index (κ2) is 4.59. The zero-order chi connectivity index (χ0) is 15.3. The van der Waals surface area contributed by atoms with Crippen LogP contribution >= 0.6 is 0 Å². The van der Waals surface area contributed by atoms with Crippen LogP contribution in [0.15, 0.2) is 30.3 Å². The van der Waals surface area contributed by atoms with Crippen molar-refractivity contribution in [1.82, 2.24) is 9.78 Å². The SMILES string of the molecule is Cc1nn(C2(C)CCS(=O)(=O)C2)c(N)c1-c1ccccc1. The van der Waals surface area contributed by atoms with Gasteiger partial charge in [0, 0.05) is 5.56 Å². The average molecular weight is 305 g/mol. The van der Waals surface area contributed by atoms with Crippen LogP contribution < -0.4 is 5.73 Å². The molecule has 1 fully saturated rings. The number of nitrogens with zero attached hydrogens (tertiary/aromatic N) is 2. The molecule has 1 unspecified atom stereocenters. The number of benzene rings is 1. The van der Waals surface area contributed by atoms with Crippen molar-refractivity contribution in [1.29, 1.82) is 0 Å². The zero-order valence-corrected chi connectivity index (χ0v) is 13.0. The molecule has 2 aromatic rings. The van der Waals surface area contributed by atoms with E-state index in [1.54, 1.807) is 4.68 Å². The number of hydrogen-bond acceptors (Lipinski definition) is 4. The molecule has 0 saturated carbocycles. The summed E-state index contributed by atoms with van der Waals surface area (Å²) in [6.45, 7) is 3.82. The summed E-state index contributed by atoms with van der Waals surface area (Å²) < 4.78 is 25.3. The van der Waals surface area contributed by atoms with Crippen LogP contribution in [0.5, 0.6) is 0 Å². The molecule has 0 radical (unpaired) electrons. The van der Waals surface area contributed by atoms with Gasteiger partial charge in [-0.1, -0.05) is 30.3 Å². The van der Waals surface area contributed by atoms with Gasteiger partial charge in [-0.15, -0.1) is 0 Å². The standard InChI is InChI=1S/C15H19N3O2S/c1-11-13(12-6-4-3-5-7-12)14(16)18(17-11)15(2)8-9-21(19,20)10-15/h3-7H,8-10,16H2,1-2H3. The van der Waals surface area contributed by atoms with Gasteiger partial charge in [-0.25, -0.2) is 13.1 Å². The third kappa shape index (κ3) is 2.33. The smallest absolute Gasteiger partial charge is 0.152 e. The predicted octanol–water partition coefficient (Wildman–Crippen LogP) is 1.97. The minimum absolute atomic E-state index is 0.0968. The van der Waals surface area contributed by atoms with Crippen molar-refractivity contribution < 1.29 is 8.42 Å². The highest BCUT2D eigenvalue weighted by atomic mass is 32.2. The molecule has 1 aromatic heterocycles. The summed E-state index contributed by atoms with van der Waals surface area (Å²) in [5.41, 5.74) is 8.46. The molecular formula is C15H19N3O2S. The summed E-state index contributed by atoms with van der Waals surface area (Å²) >= 11 is 0. The van der Waals surface area contributed by atoms with E-state index in [-0.39, 0.29) is 11.5 Å². The molecule has 1 aliphatic rings. The zero-order valence-electron chi connectivity index (χ0n) is 12.2. The molecule has 5 nitrogen and oxygen atoms in total. The minimum atomic E-state index is -3.00. The molecule has 0 amide bonds. The van der Waals surface area contributed by atoms with Crippen LogP contribution in [0.4, 0.5) is 5.82 Å². The van der Waals surface area contributed by atoms with Gasteiger partial charge < -0.3 is 5.73 Å². The molecule has 1 saturated heterocycles. The summed E-state index contributed by atoms with van der Waals surface area (Å²) in [4.78, 5) is 0. The summed E-state index contributed by atoms with van der Waals surface area (Å²) in [6.07, 6.45) is 0.550. The number of aryl methyl sites for hydroxylation is 1. The first-order valence-corrected chi connectivity index (χ1v) is 8.76. The highest BCUT2D eigenvalue weighted by Gasteiger charge is 2.42. The number of anilines is 1. The Balaban J connectivity index is 2.11. The number of sulfone groups is 1. The molecule has 0 bridgehead atoms. The third-order valence-corrected chi connectivity index (χ3v) is 6.04. The fourth-order valence-corrected chi connectivity index (χ4v) is 5.19. The van der Waals surface area contributed by atoms with Crippen LogP contribution in [0, 0.1) is 6.92 Å². The van der Waals surface area contributed by atoms with Gasteiger partial charge in [-0.3, -0.25) is 0 Å². The van der Waals surface area contributed by atoms with Gasteiger partial charge in [0.2, 0.25) is 0 Å². The fraction of sp³-hybridized carbons (Fsp3) is 0.400. The Bertz CT molecular complexity index is 781. The van der Waals surface area contributed by atoms with E-state index in [1.807, 2.05) is 44.2 Å². The molecule has 2 heterocycles. The lowest BCUT2D eigenvalue weighted by atomic mass is 10.0. The van der Waals surface area contributed by atoms with E-state index in [0.717, 1.165) is 16.8 Å². The van der Waals surface area contributed by atoms with Crippen molar-refractivity contribution >= 4 is 15.7 Å². The van der Waals surface area contributed by atoms with E-state index in [2.05, 4.69) is 5.10 Å². The number of aromatic nitrogens is 2. The number of nitrogens with two attached hydrogens (primary N) is 1. The lowest BCUT2D eigenvalue weighted by Gasteiger charge is -2.24. The predicted molar refractivity (Wildman–Crippen MR) is 83.7 cm³/mol. The van der Waals surface area contributed by atoms with Crippen molar-refractivity contribution in [2.45, 2.75) is 25.8 Å². The van der Waals surface area contributed by atoms with Crippen molar-refractivity contribution in [2.24, 2.45) is 0 Å². The van der Waals surface area contributed by atoms with Crippen molar-refractivity contribution in [3.8, 4) is 11.1 Å². The molecular weight excluding hydrogens is 286 g/mol. The van der Waals surface area contributed by atoms with Crippen LogP contribution in [0.25, 0.3) is 11.1 Å². The topological polar surface area (TPSA) is 78.0 Å². The van der Waals surface area contributed by atoms with Gasteiger partial charge in [0.25, 0.3) is 0 Å². The van der Waals surface area contributed by atoms with Crippen molar-refractivity contribution in [2.75, 3.05) is 17.2 Å². The van der Waals surface area contributed by atoms with E-state index in [9.17, 15) is 8.42 Å². The highest BCUT2D eigenvalue weighted by Crippen LogP contribution is 2.37. The maximum atomic E-state index is 11.8. The Morgan fingerprint density at radius 1 is 1.29 bits per heavy atom. The first-order chi connectivity index (χ1) is 9.82. The Morgan fingerprint density at radius 3 is 2.52 bits per heavy atom. The Morgan fingerprint density at radius 2 is 1.95 bits per heavy atom. The van der Waals surface area contributed by atoms with Crippen LogP contribution in [-0.4, -0.2) is 29.7 Å². The monoisotopic (exact) mass is 305 g/mol. The maximum absolute atomic E-state index is 11.8. The normalized spacial score (nSPS) is 24.3. The lowest BCUT2D eigenvalue weighted by molar-refractivity contribution is 0.333. The third-order valence-electron chi connectivity index (χ3n) is 4.15. The molecule has 0 spiro atoms. The van der Waals surface area contributed by atoms with Gasteiger partial charge in [-0.2, -0.15) is 5.10 Å². The van der Waals surface area contributed by atoms with E-state index < -0.39 is 15.4 Å². The Hall–Kier alpha value is -1.82. The average Bonchev–Trinajstić information content (AvgIpc) is 2.88. The fourth-order valence-electron chi connectivity index (χ4n) is 3.08. The summed E-state index contributed by atoms with van der Waals surface area (Å²) in [7, 11) is -3.00. The van der Waals surface area contributed by atoms with Crippen LogP contribution in [0.3, 0.4) is 0 Å². The number of rotatable bonds is 2. The van der Waals surface area contributed by atoms with Crippen molar-refractivity contribution in [3.05, 3.63) is 36.0 Å². The quantitative estimate of drug-likeness (QED) is 0.920. The molecule has 1 aliphatic heterocycles. The van der Waals surface area contributed by atoms with Crippen LogP contribution in [0.1, 0.15) is 19.0 Å². The van der Waals surface area contributed by atoms with E-state index in [4.69, 9.17) is 5.73 Å². The molecule has 1 atom stereocenters. The maximum Gasteiger partial charge on any atom is 0.152 e. The summed E-state index contributed by atoms with van der Waals surface area (Å²) in [5.74, 6) is 0.834. The molecule has 1 aromatic carbocycles. The molecule has 21 heavy (non-hydrogen) atoms. The number of hydrogen-bond donors (Lipinski definition) is 1.